The van der Waals surface area contributed by atoms with Gasteiger partial charge in [0.1, 0.15) is 0 Å². The molecule has 0 aliphatic heterocycles. The number of nitrogens with two attached hydrogens (primary N) is 1. The van der Waals surface area contributed by atoms with Crippen molar-refractivity contribution >= 4 is 35.6 Å². The molecule has 5 heteroatoms. The molecule has 0 spiro atoms. The summed E-state index contributed by atoms with van der Waals surface area (Å²) < 4.78 is 0. The molecule has 0 bridgehead atoms. The molecule has 0 radical (unpaired) electrons. The Morgan fingerprint density at radius 1 is 1.36 bits per heavy atom. The third-order valence-electron chi connectivity index (χ3n) is 1.80. The van der Waals surface area contributed by atoms with Gasteiger partial charge in [-0.2, -0.15) is 0 Å². The van der Waals surface area contributed by atoms with Gasteiger partial charge in [-0.05, 0) is 30.2 Å². The summed E-state index contributed by atoms with van der Waals surface area (Å²) in [5.74, 6) is 0. The Labute approximate surface area is 99.4 Å². The van der Waals surface area contributed by atoms with Crippen LogP contribution in [0.2, 0.25) is 10.0 Å². The lowest BCUT2D eigenvalue weighted by molar-refractivity contribution is 0.276. The molecule has 1 rings (SSSR count). The van der Waals surface area contributed by atoms with Crippen molar-refractivity contribution in [3.63, 3.8) is 0 Å². The van der Waals surface area contributed by atoms with Crippen LogP contribution >= 0.6 is 35.6 Å². The molecule has 80 valence electrons. The topological polar surface area (TPSA) is 46.2 Å². The number of rotatable bonds is 3. The van der Waals surface area contributed by atoms with Gasteiger partial charge in [-0.1, -0.05) is 23.2 Å². The largest absolute Gasteiger partial charge is 0.396 e. The van der Waals surface area contributed by atoms with Gasteiger partial charge in [-0.3, -0.25) is 0 Å². The summed E-state index contributed by atoms with van der Waals surface area (Å²) in [4.78, 5) is 0. The Morgan fingerprint density at radius 3 is 2.57 bits per heavy atom. The highest BCUT2D eigenvalue weighted by atomic mass is 35.5. The van der Waals surface area contributed by atoms with Gasteiger partial charge < -0.3 is 10.8 Å². The molecule has 0 aliphatic rings. The van der Waals surface area contributed by atoms with Gasteiger partial charge in [-0.25, -0.2) is 0 Å². The van der Waals surface area contributed by atoms with Gasteiger partial charge >= 0.3 is 0 Å². The highest BCUT2D eigenvalue weighted by molar-refractivity contribution is 6.33. The monoisotopic (exact) mass is 255 g/mol. The molecular weight excluding hydrogens is 244 g/mol. The molecule has 3 N–H and O–H groups in total. The van der Waals surface area contributed by atoms with E-state index in [1.54, 1.807) is 18.2 Å². The fourth-order valence-electron chi connectivity index (χ4n) is 1.09. The van der Waals surface area contributed by atoms with E-state index in [0.717, 1.165) is 5.56 Å². The number of aliphatic hydroxyl groups excluding tert-OH is 1. The second-order valence-electron chi connectivity index (χ2n) is 2.78. The van der Waals surface area contributed by atoms with Gasteiger partial charge in [0, 0.05) is 22.7 Å². The summed E-state index contributed by atoms with van der Waals surface area (Å²) in [5.41, 5.74) is 6.55. The van der Waals surface area contributed by atoms with Crippen LogP contribution in [0.1, 0.15) is 18.0 Å². The molecule has 2 nitrogen and oxygen atoms in total. The van der Waals surface area contributed by atoms with Crippen molar-refractivity contribution in [1.82, 2.24) is 0 Å². The lowest BCUT2D eigenvalue weighted by Gasteiger charge is -2.12. The Hall–Kier alpha value is 0.01000. The standard InChI is InChI=1S/C9H11Cl2NO.ClH/c10-6-1-2-8(11)7(5-6)9(12)3-4-13;/h1-2,5,9,13H,3-4,12H2;1H/t9-;/m1./s1. The van der Waals surface area contributed by atoms with Crippen molar-refractivity contribution in [1.29, 1.82) is 0 Å². The lowest BCUT2D eigenvalue weighted by Crippen LogP contribution is -2.12. The van der Waals surface area contributed by atoms with Crippen molar-refractivity contribution < 1.29 is 5.11 Å². The van der Waals surface area contributed by atoms with Crippen molar-refractivity contribution in [2.75, 3.05) is 6.61 Å². The van der Waals surface area contributed by atoms with Crippen molar-refractivity contribution in [3.05, 3.63) is 33.8 Å². The van der Waals surface area contributed by atoms with Crippen LogP contribution in [0.3, 0.4) is 0 Å². The number of benzene rings is 1. The molecule has 0 amide bonds. The van der Waals surface area contributed by atoms with Crippen molar-refractivity contribution in [2.24, 2.45) is 5.73 Å². The van der Waals surface area contributed by atoms with Gasteiger partial charge in [0.25, 0.3) is 0 Å². The van der Waals surface area contributed by atoms with E-state index in [9.17, 15) is 0 Å². The molecule has 0 saturated carbocycles. The normalized spacial score (nSPS) is 12.0. The molecule has 0 saturated heterocycles. The average molecular weight is 257 g/mol. The van der Waals surface area contributed by atoms with Crippen LogP contribution in [-0.2, 0) is 0 Å². The van der Waals surface area contributed by atoms with Gasteiger partial charge in [0.05, 0.1) is 0 Å². The van der Waals surface area contributed by atoms with Gasteiger partial charge in [0.15, 0.2) is 0 Å². The smallest absolute Gasteiger partial charge is 0.0454 e. The second-order valence-corrected chi connectivity index (χ2v) is 3.63. The molecule has 0 heterocycles. The Kier molecular flexibility index (Phi) is 6.49. The molecule has 0 aliphatic carbocycles. The third-order valence-corrected chi connectivity index (χ3v) is 2.38. The SMILES string of the molecule is Cl.N[C@H](CCO)c1cc(Cl)ccc1Cl. The van der Waals surface area contributed by atoms with E-state index in [2.05, 4.69) is 0 Å². The summed E-state index contributed by atoms with van der Waals surface area (Å²) in [6.07, 6.45) is 0.486. The zero-order chi connectivity index (χ0) is 9.84. The first-order valence-electron chi connectivity index (χ1n) is 3.96. The van der Waals surface area contributed by atoms with Crippen LogP contribution < -0.4 is 5.73 Å². The second kappa shape index (κ2) is 6.49. The Bertz CT molecular complexity index is 293. The zero-order valence-corrected chi connectivity index (χ0v) is 9.74. The summed E-state index contributed by atoms with van der Waals surface area (Å²) >= 11 is 11.7. The Morgan fingerprint density at radius 2 is 2.00 bits per heavy atom. The molecule has 14 heavy (non-hydrogen) atoms. The lowest BCUT2D eigenvalue weighted by atomic mass is 10.1. The van der Waals surface area contributed by atoms with Crippen molar-refractivity contribution in [2.45, 2.75) is 12.5 Å². The quantitative estimate of drug-likeness (QED) is 0.873. The minimum absolute atomic E-state index is 0. The summed E-state index contributed by atoms with van der Waals surface area (Å²) in [7, 11) is 0. The van der Waals surface area contributed by atoms with Crippen LogP contribution in [0.15, 0.2) is 18.2 Å². The van der Waals surface area contributed by atoms with E-state index in [4.69, 9.17) is 34.0 Å². The third kappa shape index (κ3) is 3.64. The summed E-state index contributed by atoms with van der Waals surface area (Å²) in [6.45, 7) is 0.0456. The fourth-order valence-corrected chi connectivity index (χ4v) is 1.53. The van der Waals surface area contributed by atoms with Crippen LogP contribution in [0.5, 0.6) is 0 Å². The minimum Gasteiger partial charge on any atom is -0.396 e. The molecule has 0 aromatic heterocycles. The highest BCUT2D eigenvalue weighted by Crippen LogP contribution is 2.26. The molecular formula is C9H12Cl3NO. The zero-order valence-electron chi connectivity index (χ0n) is 7.41. The van der Waals surface area contributed by atoms with Gasteiger partial charge in [0.2, 0.25) is 0 Å². The van der Waals surface area contributed by atoms with E-state index >= 15 is 0 Å². The first kappa shape index (κ1) is 14.0. The van der Waals surface area contributed by atoms with E-state index in [-0.39, 0.29) is 25.1 Å². The minimum atomic E-state index is -0.254. The van der Waals surface area contributed by atoms with Crippen LogP contribution in [0.25, 0.3) is 0 Å². The summed E-state index contributed by atoms with van der Waals surface area (Å²) in [6, 6.07) is 4.89. The first-order valence-corrected chi connectivity index (χ1v) is 4.72. The number of hydrogen-bond acceptors (Lipinski definition) is 2. The molecule has 0 unspecified atom stereocenters. The number of halogens is 3. The molecule has 1 aromatic rings. The van der Waals surface area contributed by atoms with Crippen LogP contribution in [-0.4, -0.2) is 11.7 Å². The van der Waals surface area contributed by atoms with Crippen LogP contribution in [0.4, 0.5) is 0 Å². The molecule has 1 aromatic carbocycles. The predicted octanol–water partition coefficient (Wildman–Crippen LogP) is 2.80. The summed E-state index contributed by atoms with van der Waals surface area (Å²) in [5, 5.41) is 9.89. The maximum atomic E-state index is 8.70. The maximum Gasteiger partial charge on any atom is 0.0454 e. The maximum absolute atomic E-state index is 8.70. The van der Waals surface area contributed by atoms with E-state index in [1.807, 2.05) is 0 Å². The van der Waals surface area contributed by atoms with E-state index in [1.165, 1.54) is 0 Å². The highest BCUT2D eigenvalue weighted by Gasteiger charge is 2.09. The average Bonchev–Trinajstić information content (AvgIpc) is 2.09. The molecule has 0 fully saturated rings. The number of aliphatic hydroxyl groups is 1. The predicted molar refractivity (Wildman–Crippen MR) is 62.3 cm³/mol. The first-order chi connectivity index (χ1) is 6.15. The van der Waals surface area contributed by atoms with Gasteiger partial charge in [-0.15, -0.1) is 12.4 Å². The van der Waals surface area contributed by atoms with Crippen molar-refractivity contribution in [3.8, 4) is 0 Å². The van der Waals surface area contributed by atoms with E-state index < -0.39 is 0 Å². The molecule has 1 atom stereocenters. The van der Waals surface area contributed by atoms with E-state index in [0.29, 0.717) is 16.5 Å². The van der Waals surface area contributed by atoms with Crippen LogP contribution in [0, 0.1) is 0 Å². The fraction of sp³-hybridized carbons (Fsp3) is 0.333. The number of hydrogen-bond donors (Lipinski definition) is 2. The Balaban J connectivity index is 0.00000169.